The molecule has 1 heterocycles. The summed E-state index contributed by atoms with van der Waals surface area (Å²) < 4.78 is 0. The van der Waals surface area contributed by atoms with Gasteiger partial charge in [-0.1, -0.05) is 30.3 Å². The number of hydrogen-bond donors (Lipinski definition) is 2. The monoisotopic (exact) mass is 304 g/mol. The summed E-state index contributed by atoms with van der Waals surface area (Å²) in [6.45, 7) is 5.93. The van der Waals surface area contributed by atoms with Gasteiger partial charge in [0.05, 0.1) is 6.54 Å². The van der Waals surface area contributed by atoms with Crippen LogP contribution in [0.2, 0.25) is 0 Å². The third-order valence-electron chi connectivity index (χ3n) is 3.90. The molecular weight excluding hydrogens is 280 g/mol. The molecule has 1 aromatic rings. The second-order valence-electron chi connectivity index (χ2n) is 5.48. The average Bonchev–Trinajstić information content (AvgIpc) is 2.50. The lowest BCUT2D eigenvalue weighted by Gasteiger charge is -2.37. The molecule has 2 rings (SSSR count). The maximum absolute atomic E-state index is 11.8. The minimum atomic E-state index is -0.396. The molecule has 0 spiro atoms. The van der Waals surface area contributed by atoms with Crippen molar-refractivity contribution < 1.29 is 9.59 Å². The van der Waals surface area contributed by atoms with Crippen molar-refractivity contribution in [2.45, 2.75) is 13.0 Å². The van der Waals surface area contributed by atoms with Crippen molar-refractivity contribution in [2.24, 2.45) is 5.73 Å². The number of benzene rings is 1. The number of carbonyl (C=O) groups excluding carboxylic acids is 2. The van der Waals surface area contributed by atoms with Crippen LogP contribution in [0.25, 0.3) is 0 Å². The number of amides is 2. The molecule has 1 saturated heterocycles. The number of piperazine rings is 1. The highest BCUT2D eigenvalue weighted by Gasteiger charge is 2.29. The summed E-state index contributed by atoms with van der Waals surface area (Å²) >= 11 is 0. The Morgan fingerprint density at radius 2 is 1.82 bits per heavy atom. The molecule has 3 N–H and O–H groups in total. The largest absolute Gasteiger partial charge is 0.368 e. The summed E-state index contributed by atoms with van der Waals surface area (Å²) in [5, 5.41) is 2.80. The van der Waals surface area contributed by atoms with Crippen molar-refractivity contribution in [3.63, 3.8) is 0 Å². The number of likely N-dealkylation sites (N-methyl/N-ethyl adjacent to an activating group) is 1. The van der Waals surface area contributed by atoms with E-state index in [-0.39, 0.29) is 11.8 Å². The van der Waals surface area contributed by atoms with Crippen LogP contribution in [0, 0.1) is 0 Å². The highest BCUT2D eigenvalue weighted by molar-refractivity contribution is 5.81. The lowest BCUT2D eigenvalue weighted by Crippen LogP contribution is -2.52. The predicted octanol–water partition coefficient (Wildman–Crippen LogP) is -0.0333. The Bertz CT molecular complexity index is 498. The van der Waals surface area contributed by atoms with Crippen molar-refractivity contribution in [3.05, 3.63) is 35.9 Å². The van der Waals surface area contributed by atoms with Gasteiger partial charge in [0.15, 0.2) is 0 Å². The van der Waals surface area contributed by atoms with Crippen LogP contribution in [0.15, 0.2) is 30.3 Å². The molecule has 0 aromatic heterocycles. The van der Waals surface area contributed by atoms with Gasteiger partial charge in [0, 0.05) is 32.7 Å². The number of primary amides is 1. The lowest BCUT2D eigenvalue weighted by molar-refractivity contribution is -0.126. The molecule has 2 amide bonds. The van der Waals surface area contributed by atoms with Crippen LogP contribution in [0.3, 0.4) is 0 Å². The molecule has 22 heavy (non-hydrogen) atoms. The minimum Gasteiger partial charge on any atom is -0.368 e. The van der Waals surface area contributed by atoms with Gasteiger partial charge in [0.1, 0.15) is 6.04 Å². The fourth-order valence-corrected chi connectivity index (χ4v) is 2.83. The fraction of sp³-hybridized carbons (Fsp3) is 0.500. The molecule has 1 atom stereocenters. The molecule has 120 valence electrons. The molecule has 0 saturated carbocycles. The molecule has 0 radical (unpaired) electrons. The number of nitrogens with one attached hydrogen (secondary N) is 1. The van der Waals surface area contributed by atoms with Gasteiger partial charge in [0.2, 0.25) is 11.8 Å². The van der Waals surface area contributed by atoms with E-state index in [1.807, 2.05) is 37.3 Å². The van der Waals surface area contributed by atoms with E-state index in [1.165, 1.54) is 0 Å². The standard InChI is InChI=1S/C16H24N4O2/c1-2-18-14(21)12-19-8-10-20(11-9-19)15(16(17)22)13-6-4-3-5-7-13/h3-7,15H,2,8-12H2,1H3,(H2,17,22)(H,18,21)/t15-/m1/s1. The second kappa shape index (κ2) is 7.91. The van der Waals surface area contributed by atoms with Crippen molar-refractivity contribution in [1.29, 1.82) is 0 Å². The SMILES string of the molecule is CCNC(=O)CN1CCN([C@@H](C(N)=O)c2ccccc2)CC1. The van der Waals surface area contributed by atoms with Crippen LogP contribution in [-0.2, 0) is 9.59 Å². The van der Waals surface area contributed by atoms with Crippen molar-refractivity contribution in [1.82, 2.24) is 15.1 Å². The molecule has 0 bridgehead atoms. The number of rotatable bonds is 6. The van der Waals surface area contributed by atoms with Gasteiger partial charge in [-0.25, -0.2) is 0 Å². The Morgan fingerprint density at radius 3 is 2.36 bits per heavy atom. The summed E-state index contributed by atoms with van der Waals surface area (Å²) in [5.74, 6) is -0.283. The molecule has 1 aromatic carbocycles. The first-order valence-electron chi connectivity index (χ1n) is 7.69. The van der Waals surface area contributed by atoms with Crippen molar-refractivity contribution >= 4 is 11.8 Å². The van der Waals surface area contributed by atoms with Crippen molar-refractivity contribution in [3.8, 4) is 0 Å². The third kappa shape index (κ3) is 4.29. The minimum absolute atomic E-state index is 0.0467. The summed E-state index contributed by atoms with van der Waals surface area (Å²) in [6.07, 6.45) is 0. The zero-order valence-corrected chi connectivity index (χ0v) is 13.0. The predicted molar refractivity (Wildman–Crippen MR) is 85.1 cm³/mol. The Hall–Kier alpha value is -1.92. The van der Waals surface area contributed by atoms with Gasteiger partial charge in [-0.15, -0.1) is 0 Å². The number of nitrogens with zero attached hydrogens (tertiary/aromatic N) is 2. The first kappa shape index (κ1) is 16.5. The average molecular weight is 304 g/mol. The van der Waals surface area contributed by atoms with Crippen LogP contribution in [0.4, 0.5) is 0 Å². The van der Waals surface area contributed by atoms with E-state index < -0.39 is 6.04 Å². The highest BCUT2D eigenvalue weighted by atomic mass is 16.2. The first-order valence-corrected chi connectivity index (χ1v) is 7.69. The van der Waals surface area contributed by atoms with E-state index in [9.17, 15) is 9.59 Å². The molecule has 6 heteroatoms. The topological polar surface area (TPSA) is 78.7 Å². The Balaban J connectivity index is 1.94. The van der Waals surface area contributed by atoms with Crippen LogP contribution in [0.1, 0.15) is 18.5 Å². The molecule has 1 fully saturated rings. The Kier molecular flexibility index (Phi) is 5.91. The van der Waals surface area contributed by atoms with Crippen molar-refractivity contribution in [2.75, 3.05) is 39.3 Å². The van der Waals surface area contributed by atoms with Gasteiger partial charge >= 0.3 is 0 Å². The third-order valence-corrected chi connectivity index (χ3v) is 3.90. The highest BCUT2D eigenvalue weighted by Crippen LogP contribution is 2.21. The van der Waals surface area contributed by atoms with E-state index in [0.717, 1.165) is 31.7 Å². The van der Waals surface area contributed by atoms with E-state index in [4.69, 9.17) is 5.73 Å². The molecule has 1 aliphatic heterocycles. The van der Waals surface area contributed by atoms with Gasteiger partial charge in [-0.05, 0) is 12.5 Å². The second-order valence-corrected chi connectivity index (χ2v) is 5.48. The fourth-order valence-electron chi connectivity index (χ4n) is 2.83. The van der Waals surface area contributed by atoms with Crippen LogP contribution >= 0.6 is 0 Å². The van der Waals surface area contributed by atoms with Gasteiger partial charge in [0.25, 0.3) is 0 Å². The number of hydrogen-bond acceptors (Lipinski definition) is 4. The molecule has 6 nitrogen and oxygen atoms in total. The summed E-state index contributed by atoms with van der Waals surface area (Å²) in [5.41, 5.74) is 6.52. The van der Waals surface area contributed by atoms with E-state index in [1.54, 1.807) is 0 Å². The van der Waals surface area contributed by atoms with E-state index in [2.05, 4.69) is 15.1 Å². The maximum atomic E-state index is 11.8. The van der Waals surface area contributed by atoms with Crippen LogP contribution < -0.4 is 11.1 Å². The zero-order valence-electron chi connectivity index (χ0n) is 13.0. The van der Waals surface area contributed by atoms with Crippen LogP contribution in [0.5, 0.6) is 0 Å². The van der Waals surface area contributed by atoms with Gasteiger partial charge < -0.3 is 11.1 Å². The lowest BCUT2D eigenvalue weighted by atomic mass is 10.0. The number of carbonyl (C=O) groups is 2. The molecule has 1 aliphatic rings. The Morgan fingerprint density at radius 1 is 1.18 bits per heavy atom. The Labute approximate surface area is 131 Å². The summed E-state index contributed by atoms with van der Waals surface area (Å²) in [6, 6.07) is 9.21. The summed E-state index contributed by atoms with van der Waals surface area (Å²) in [7, 11) is 0. The normalized spacial score (nSPS) is 17.9. The van der Waals surface area contributed by atoms with Crippen LogP contribution in [-0.4, -0.2) is 60.9 Å². The molecular formula is C16H24N4O2. The quantitative estimate of drug-likeness (QED) is 0.773. The van der Waals surface area contributed by atoms with E-state index in [0.29, 0.717) is 13.1 Å². The van der Waals surface area contributed by atoms with E-state index >= 15 is 0 Å². The van der Waals surface area contributed by atoms with Gasteiger partial charge in [-0.3, -0.25) is 19.4 Å². The number of nitrogens with two attached hydrogens (primary N) is 1. The smallest absolute Gasteiger partial charge is 0.239 e. The molecule has 0 unspecified atom stereocenters. The van der Waals surface area contributed by atoms with Gasteiger partial charge in [-0.2, -0.15) is 0 Å². The maximum Gasteiger partial charge on any atom is 0.239 e. The summed E-state index contributed by atoms with van der Waals surface area (Å²) in [4.78, 5) is 27.7. The first-order chi connectivity index (χ1) is 10.6. The molecule has 0 aliphatic carbocycles. The zero-order chi connectivity index (χ0) is 15.9.